The molecule has 1 atom stereocenters. The van der Waals surface area contributed by atoms with Gasteiger partial charge in [0.25, 0.3) is 0 Å². The van der Waals surface area contributed by atoms with Crippen molar-refractivity contribution < 1.29 is 17.5 Å². The van der Waals surface area contributed by atoms with Crippen LogP contribution in [0.5, 0.6) is 0 Å². The number of quaternary nitrogens is 1. The lowest BCUT2D eigenvalue weighted by atomic mass is 10.0. The van der Waals surface area contributed by atoms with Crippen molar-refractivity contribution in [2.24, 2.45) is 0 Å². The summed E-state index contributed by atoms with van der Waals surface area (Å²) in [6.45, 7) is 5.05. The van der Waals surface area contributed by atoms with E-state index in [0.29, 0.717) is 4.48 Å². The van der Waals surface area contributed by atoms with Gasteiger partial charge in [-0.05, 0) is 19.8 Å². The zero-order chi connectivity index (χ0) is 18.5. The molecule has 0 heterocycles. The highest BCUT2D eigenvalue weighted by atomic mass is 32.2. The van der Waals surface area contributed by atoms with Crippen molar-refractivity contribution in [3.63, 3.8) is 0 Å². The third-order valence-electron chi connectivity index (χ3n) is 5.23. The maximum Gasteiger partial charge on any atom is 0.100 e. The van der Waals surface area contributed by atoms with Crippen LogP contribution in [0.4, 0.5) is 0 Å². The minimum atomic E-state index is -4.13. The lowest BCUT2D eigenvalue weighted by Crippen LogP contribution is -2.50. The van der Waals surface area contributed by atoms with Crippen molar-refractivity contribution in [3.05, 3.63) is 0 Å². The van der Waals surface area contributed by atoms with E-state index in [1.807, 2.05) is 21.0 Å². The van der Waals surface area contributed by atoms with Crippen LogP contribution in [0, 0.1) is 0 Å². The fourth-order valence-electron chi connectivity index (χ4n) is 3.08. The van der Waals surface area contributed by atoms with Crippen LogP contribution in [-0.4, -0.2) is 49.9 Å². The summed E-state index contributed by atoms with van der Waals surface area (Å²) in [5.74, 6) is -0.266. The molecule has 24 heavy (non-hydrogen) atoms. The van der Waals surface area contributed by atoms with Crippen LogP contribution in [0.2, 0.25) is 0 Å². The third-order valence-corrected chi connectivity index (χ3v) is 6.12. The zero-order valence-corrected chi connectivity index (χ0v) is 17.4. The van der Waals surface area contributed by atoms with Gasteiger partial charge in [0.15, 0.2) is 0 Å². The molecule has 0 fully saturated rings. The molecule has 0 radical (unpaired) electrons. The summed E-state index contributed by atoms with van der Waals surface area (Å²) < 4.78 is 33.3. The van der Waals surface area contributed by atoms with Crippen molar-refractivity contribution in [3.8, 4) is 0 Å². The number of unbranched alkanes of at least 4 members (excludes halogenated alkanes) is 11. The van der Waals surface area contributed by atoms with Crippen LogP contribution in [-0.2, 0) is 10.1 Å². The van der Waals surface area contributed by atoms with E-state index in [4.69, 9.17) is 0 Å². The molecule has 0 N–H and O–H groups in total. The molecule has 0 saturated carbocycles. The Hall–Kier alpha value is -0.130. The molecule has 0 saturated heterocycles. The fraction of sp³-hybridized carbons (Fsp3) is 1.00. The monoisotopic (exact) mass is 363 g/mol. The molecule has 0 spiro atoms. The van der Waals surface area contributed by atoms with Gasteiger partial charge >= 0.3 is 0 Å². The van der Waals surface area contributed by atoms with Crippen LogP contribution in [0.25, 0.3) is 0 Å². The number of hydrogen-bond acceptors (Lipinski definition) is 3. The van der Waals surface area contributed by atoms with Crippen LogP contribution < -0.4 is 0 Å². The SMILES string of the molecule is CCCCCCCCCCCCCC[N+](C)(C)C(C)CS(=O)(=O)[O-]. The van der Waals surface area contributed by atoms with E-state index in [-0.39, 0.29) is 11.8 Å². The van der Waals surface area contributed by atoms with E-state index in [1.54, 1.807) is 0 Å². The van der Waals surface area contributed by atoms with Gasteiger partial charge in [0, 0.05) is 0 Å². The predicted molar refractivity (Wildman–Crippen MR) is 102 cm³/mol. The molecule has 0 rings (SSSR count). The van der Waals surface area contributed by atoms with E-state index in [1.165, 1.54) is 70.6 Å². The smallest absolute Gasteiger partial charge is 0.100 e. The molecule has 4 nitrogen and oxygen atoms in total. The Morgan fingerprint density at radius 3 is 1.54 bits per heavy atom. The largest absolute Gasteiger partial charge is 0.748 e. The molecule has 5 heteroatoms. The van der Waals surface area contributed by atoms with Gasteiger partial charge < -0.3 is 9.04 Å². The lowest BCUT2D eigenvalue weighted by Gasteiger charge is -2.36. The molecule has 1 unspecified atom stereocenters. The molecule has 0 aliphatic carbocycles. The third kappa shape index (κ3) is 14.2. The Morgan fingerprint density at radius 1 is 0.792 bits per heavy atom. The van der Waals surface area contributed by atoms with E-state index >= 15 is 0 Å². The summed E-state index contributed by atoms with van der Waals surface area (Å²) in [7, 11) is -0.0835. The van der Waals surface area contributed by atoms with Gasteiger partial charge in [0.2, 0.25) is 0 Å². The first-order chi connectivity index (χ1) is 11.2. The number of rotatable bonds is 16. The minimum Gasteiger partial charge on any atom is -0.748 e. The second-order valence-electron chi connectivity index (χ2n) is 7.96. The van der Waals surface area contributed by atoms with Gasteiger partial charge in [-0.3, -0.25) is 0 Å². The van der Waals surface area contributed by atoms with Gasteiger partial charge in [0.05, 0.1) is 32.4 Å². The van der Waals surface area contributed by atoms with E-state index in [2.05, 4.69) is 6.92 Å². The molecule has 0 bridgehead atoms. The molecule has 0 aliphatic rings. The Labute approximate surface area is 151 Å². The second-order valence-corrected chi connectivity index (χ2v) is 9.41. The summed E-state index contributed by atoms with van der Waals surface area (Å²) >= 11 is 0. The first-order valence-corrected chi connectivity index (χ1v) is 11.5. The summed E-state index contributed by atoms with van der Waals surface area (Å²) in [5.41, 5.74) is 0. The Bertz CT molecular complexity index is 393. The highest BCUT2D eigenvalue weighted by molar-refractivity contribution is 7.85. The highest BCUT2D eigenvalue weighted by Crippen LogP contribution is 2.14. The first kappa shape index (κ1) is 23.9. The standard InChI is InChI=1S/C19H41NO3S/c1-5-6-7-8-9-10-11-12-13-14-15-16-17-20(3,4)19(2)18-24(21,22)23/h19H,5-18H2,1-4H3. The Balaban J connectivity index is 3.55. The van der Waals surface area contributed by atoms with Crippen molar-refractivity contribution in [2.45, 2.75) is 96.9 Å². The molecular formula is C19H41NO3S. The van der Waals surface area contributed by atoms with Gasteiger partial charge in [0.1, 0.15) is 10.1 Å². The maximum atomic E-state index is 10.9. The summed E-state index contributed by atoms with van der Waals surface area (Å²) in [6, 6.07) is -0.139. The number of nitrogens with zero attached hydrogens (tertiary/aromatic N) is 1. The van der Waals surface area contributed by atoms with Crippen molar-refractivity contribution in [1.82, 2.24) is 0 Å². The quantitative estimate of drug-likeness (QED) is 0.227. The average Bonchev–Trinajstić information content (AvgIpc) is 2.46. The summed E-state index contributed by atoms with van der Waals surface area (Å²) in [6.07, 6.45) is 15.9. The van der Waals surface area contributed by atoms with Gasteiger partial charge in [-0.1, -0.05) is 71.1 Å². The lowest BCUT2D eigenvalue weighted by molar-refractivity contribution is -0.910. The minimum absolute atomic E-state index is 0.139. The number of hydrogen-bond donors (Lipinski definition) is 0. The molecule has 146 valence electrons. The van der Waals surface area contributed by atoms with Crippen molar-refractivity contribution in [1.29, 1.82) is 0 Å². The molecule has 0 aromatic rings. The summed E-state index contributed by atoms with van der Waals surface area (Å²) in [5, 5.41) is 0. The fourth-order valence-corrected chi connectivity index (χ4v) is 4.07. The topological polar surface area (TPSA) is 57.2 Å². The highest BCUT2D eigenvalue weighted by Gasteiger charge is 2.25. The molecule has 0 aliphatic heterocycles. The predicted octanol–water partition coefficient (Wildman–Crippen LogP) is 4.70. The molecule has 0 amide bonds. The molecular weight excluding hydrogens is 322 g/mol. The Morgan fingerprint density at radius 2 is 1.17 bits per heavy atom. The maximum absolute atomic E-state index is 10.9. The van der Waals surface area contributed by atoms with Crippen molar-refractivity contribution >= 4 is 10.1 Å². The van der Waals surface area contributed by atoms with Crippen LogP contribution in [0.1, 0.15) is 90.9 Å². The normalized spacial score (nSPS) is 14.0. The Kier molecular flexibility index (Phi) is 13.1. The van der Waals surface area contributed by atoms with E-state index in [9.17, 15) is 13.0 Å². The zero-order valence-electron chi connectivity index (χ0n) is 16.6. The van der Waals surface area contributed by atoms with E-state index in [0.717, 1.165) is 13.0 Å². The van der Waals surface area contributed by atoms with Crippen LogP contribution in [0.3, 0.4) is 0 Å². The van der Waals surface area contributed by atoms with Gasteiger partial charge in [-0.15, -0.1) is 0 Å². The first-order valence-electron chi connectivity index (χ1n) is 9.95. The van der Waals surface area contributed by atoms with Crippen LogP contribution >= 0.6 is 0 Å². The average molecular weight is 364 g/mol. The molecule has 0 aromatic heterocycles. The van der Waals surface area contributed by atoms with Gasteiger partial charge in [-0.2, -0.15) is 0 Å². The van der Waals surface area contributed by atoms with E-state index < -0.39 is 10.1 Å². The van der Waals surface area contributed by atoms with Gasteiger partial charge in [-0.25, -0.2) is 8.42 Å². The van der Waals surface area contributed by atoms with Crippen molar-refractivity contribution in [2.75, 3.05) is 26.4 Å². The van der Waals surface area contributed by atoms with Crippen LogP contribution in [0.15, 0.2) is 0 Å². The summed E-state index contributed by atoms with van der Waals surface area (Å²) in [4.78, 5) is 0. The second kappa shape index (κ2) is 13.1. The molecule has 0 aromatic carbocycles.